The molecule has 0 saturated carbocycles. The number of carbonyl (C=O) groups excluding carboxylic acids is 2. The maximum atomic E-state index is 12.9. The van der Waals surface area contributed by atoms with Crippen molar-refractivity contribution in [3.63, 3.8) is 0 Å². The zero-order valence-electron chi connectivity index (χ0n) is 15.0. The lowest BCUT2D eigenvalue weighted by Crippen LogP contribution is -2.29. The Labute approximate surface area is 167 Å². The van der Waals surface area contributed by atoms with Crippen molar-refractivity contribution in [1.82, 2.24) is 4.90 Å². The zero-order chi connectivity index (χ0) is 19.6. The fourth-order valence-electron chi connectivity index (χ4n) is 3.21. The molecule has 0 fully saturated rings. The summed E-state index contributed by atoms with van der Waals surface area (Å²) in [5.41, 5.74) is 2.51. The summed E-state index contributed by atoms with van der Waals surface area (Å²) in [5, 5.41) is 0.949. The molecular weight excluding hydrogens is 389 g/mol. The predicted molar refractivity (Wildman–Crippen MR) is 103 cm³/mol. The molecule has 0 radical (unpaired) electrons. The molecule has 1 amide bonds. The number of amides is 1. The molecule has 0 aromatic heterocycles. The Morgan fingerprint density at radius 3 is 2.48 bits per heavy atom. The Morgan fingerprint density at radius 2 is 1.81 bits per heavy atom. The summed E-state index contributed by atoms with van der Waals surface area (Å²) in [4.78, 5) is 26.0. The Morgan fingerprint density at radius 1 is 1.15 bits per heavy atom. The van der Waals surface area contributed by atoms with Crippen LogP contribution < -0.4 is 4.74 Å². The number of nitrogens with zero attached hydrogens (tertiary/aromatic N) is 1. The van der Waals surface area contributed by atoms with Gasteiger partial charge in [0.15, 0.2) is 6.61 Å². The minimum atomic E-state index is -0.458. The van der Waals surface area contributed by atoms with Gasteiger partial charge in [0.2, 0.25) is 5.91 Å². The first kappa shape index (κ1) is 19.5. The predicted octanol–water partition coefficient (Wildman–Crippen LogP) is 4.19. The third-order valence-electron chi connectivity index (χ3n) is 4.70. The normalized spacial score (nSPS) is 15.4. The first-order valence-corrected chi connectivity index (χ1v) is 9.21. The zero-order valence-corrected chi connectivity index (χ0v) is 16.5. The van der Waals surface area contributed by atoms with Gasteiger partial charge in [0, 0.05) is 15.6 Å². The Hall–Kier alpha value is -2.24. The van der Waals surface area contributed by atoms with Crippen LogP contribution in [0.4, 0.5) is 0 Å². The molecule has 27 heavy (non-hydrogen) atoms. The number of rotatable bonds is 5. The highest BCUT2D eigenvalue weighted by atomic mass is 35.5. The van der Waals surface area contributed by atoms with E-state index in [2.05, 4.69) is 4.74 Å². The molecule has 0 N–H and O–H groups in total. The van der Waals surface area contributed by atoms with Gasteiger partial charge in [-0.3, -0.25) is 4.79 Å². The van der Waals surface area contributed by atoms with Crippen LogP contribution in [0.2, 0.25) is 10.0 Å². The lowest BCUT2D eigenvalue weighted by Gasteiger charge is -2.22. The number of benzene rings is 2. The van der Waals surface area contributed by atoms with E-state index in [0.29, 0.717) is 27.9 Å². The summed E-state index contributed by atoms with van der Waals surface area (Å²) in [7, 11) is 1.31. The fraction of sp³-hybridized carbons (Fsp3) is 0.300. The van der Waals surface area contributed by atoms with Crippen molar-refractivity contribution in [2.75, 3.05) is 13.7 Å². The molecule has 0 spiro atoms. The number of fused-ring (bicyclic) bond motifs is 1. The smallest absolute Gasteiger partial charge is 0.343 e. The second kappa shape index (κ2) is 8.19. The fourth-order valence-corrected chi connectivity index (χ4v) is 3.74. The molecule has 1 aliphatic rings. The largest absolute Gasteiger partial charge is 0.482 e. The lowest BCUT2D eigenvalue weighted by atomic mass is 10.1. The van der Waals surface area contributed by atoms with E-state index in [9.17, 15) is 9.59 Å². The number of hydrogen-bond acceptors (Lipinski definition) is 4. The Kier molecular flexibility index (Phi) is 5.92. The third-order valence-corrected chi connectivity index (χ3v) is 5.41. The molecule has 5 nitrogen and oxygen atoms in total. The van der Waals surface area contributed by atoms with Gasteiger partial charge in [-0.2, -0.15) is 0 Å². The number of esters is 1. The molecule has 1 aliphatic heterocycles. The maximum Gasteiger partial charge on any atom is 0.343 e. The highest BCUT2D eigenvalue weighted by Crippen LogP contribution is 2.39. The number of methoxy groups -OCH3 is 1. The van der Waals surface area contributed by atoms with Crippen molar-refractivity contribution in [3.8, 4) is 5.75 Å². The summed E-state index contributed by atoms with van der Waals surface area (Å²) < 4.78 is 10.2. The highest BCUT2D eigenvalue weighted by molar-refractivity contribution is 6.36. The molecule has 0 saturated heterocycles. The average Bonchev–Trinajstić information content (AvgIpc) is 3.00. The molecule has 3 rings (SSSR count). The van der Waals surface area contributed by atoms with Crippen LogP contribution in [0.5, 0.6) is 5.75 Å². The second-order valence-corrected chi connectivity index (χ2v) is 7.08. The van der Waals surface area contributed by atoms with Crippen LogP contribution in [-0.2, 0) is 27.3 Å². The number of ether oxygens (including phenoxy) is 2. The van der Waals surface area contributed by atoms with Gasteiger partial charge < -0.3 is 14.4 Å². The van der Waals surface area contributed by atoms with Gasteiger partial charge in [-0.25, -0.2) is 4.79 Å². The second-order valence-electron chi connectivity index (χ2n) is 6.26. The molecule has 2 aromatic carbocycles. The van der Waals surface area contributed by atoms with Crippen molar-refractivity contribution in [2.24, 2.45) is 0 Å². The van der Waals surface area contributed by atoms with Crippen molar-refractivity contribution in [3.05, 3.63) is 63.1 Å². The van der Waals surface area contributed by atoms with E-state index in [1.165, 1.54) is 7.11 Å². The quantitative estimate of drug-likeness (QED) is 0.697. The van der Waals surface area contributed by atoms with E-state index in [1.54, 1.807) is 29.2 Å². The van der Waals surface area contributed by atoms with Gasteiger partial charge in [-0.05, 0) is 36.2 Å². The topological polar surface area (TPSA) is 55.8 Å². The van der Waals surface area contributed by atoms with Crippen molar-refractivity contribution in [2.45, 2.75) is 25.9 Å². The summed E-state index contributed by atoms with van der Waals surface area (Å²) >= 11 is 12.4. The standard InChI is InChI=1S/C20H19Cl2NO4/c1-12-13-5-3-8-18(27-11-20(25)26-2)15(13)10-23(12)19(24)9-14-16(21)6-4-7-17(14)22/h3-8,12H,9-11H2,1-2H3. The van der Waals surface area contributed by atoms with E-state index >= 15 is 0 Å². The number of carbonyl (C=O) groups is 2. The van der Waals surface area contributed by atoms with Crippen LogP contribution in [0.25, 0.3) is 0 Å². The van der Waals surface area contributed by atoms with Crippen LogP contribution in [0.1, 0.15) is 29.7 Å². The Bertz CT molecular complexity index is 864. The minimum Gasteiger partial charge on any atom is -0.482 e. The van der Waals surface area contributed by atoms with Gasteiger partial charge in [-0.1, -0.05) is 41.4 Å². The summed E-state index contributed by atoms with van der Waals surface area (Å²) in [6, 6.07) is 10.7. The summed E-state index contributed by atoms with van der Waals surface area (Å²) in [6.07, 6.45) is 0.120. The summed E-state index contributed by atoms with van der Waals surface area (Å²) in [6.45, 7) is 2.18. The first-order valence-electron chi connectivity index (χ1n) is 8.46. The molecule has 0 aliphatic carbocycles. The number of hydrogen-bond donors (Lipinski definition) is 0. The molecule has 0 bridgehead atoms. The van der Waals surface area contributed by atoms with E-state index in [-0.39, 0.29) is 25.0 Å². The van der Waals surface area contributed by atoms with Crippen LogP contribution in [0.15, 0.2) is 36.4 Å². The number of halogens is 2. The average molecular weight is 408 g/mol. The van der Waals surface area contributed by atoms with Gasteiger partial charge in [0.25, 0.3) is 0 Å². The SMILES string of the molecule is COC(=O)COc1cccc2c1CN(C(=O)Cc1c(Cl)cccc1Cl)C2C. The molecule has 2 aromatic rings. The van der Waals surface area contributed by atoms with Crippen molar-refractivity contribution < 1.29 is 19.1 Å². The minimum absolute atomic E-state index is 0.0763. The lowest BCUT2D eigenvalue weighted by molar-refractivity contribution is -0.143. The van der Waals surface area contributed by atoms with Gasteiger partial charge >= 0.3 is 5.97 Å². The van der Waals surface area contributed by atoms with Crippen LogP contribution in [-0.4, -0.2) is 30.5 Å². The van der Waals surface area contributed by atoms with E-state index < -0.39 is 5.97 Å². The van der Waals surface area contributed by atoms with Crippen LogP contribution in [0.3, 0.4) is 0 Å². The Balaban J connectivity index is 1.79. The van der Waals surface area contributed by atoms with Crippen molar-refractivity contribution >= 4 is 35.1 Å². The monoisotopic (exact) mass is 407 g/mol. The molecule has 7 heteroatoms. The van der Waals surface area contributed by atoms with E-state index in [0.717, 1.165) is 11.1 Å². The third kappa shape index (κ3) is 4.04. The van der Waals surface area contributed by atoms with Crippen molar-refractivity contribution in [1.29, 1.82) is 0 Å². The van der Waals surface area contributed by atoms with Gasteiger partial charge in [-0.15, -0.1) is 0 Å². The van der Waals surface area contributed by atoms with Crippen LogP contribution in [0, 0.1) is 0 Å². The van der Waals surface area contributed by atoms with E-state index in [1.807, 2.05) is 19.1 Å². The van der Waals surface area contributed by atoms with Gasteiger partial charge in [0.1, 0.15) is 5.75 Å². The summed E-state index contributed by atoms with van der Waals surface area (Å²) in [5.74, 6) is 0.0448. The molecular formula is C20H19Cl2NO4. The molecule has 1 heterocycles. The molecule has 1 atom stereocenters. The maximum absolute atomic E-state index is 12.9. The first-order chi connectivity index (χ1) is 12.9. The van der Waals surface area contributed by atoms with E-state index in [4.69, 9.17) is 27.9 Å². The highest BCUT2D eigenvalue weighted by Gasteiger charge is 2.33. The molecule has 142 valence electrons. The molecule has 1 unspecified atom stereocenters. The van der Waals surface area contributed by atoms with Crippen LogP contribution >= 0.6 is 23.2 Å². The van der Waals surface area contributed by atoms with Gasteiger partial charge in [0.05, 0.1) is 26.1 Å².